The van der Waals surface area contributed by atoms with Gasteiger partial charge in [-0.25, -0.2) is 33.9 Å². The van der Waals surface area contributed by atoms with Crippen molar-refractivity contribution < 1.29 is 74.7 Å². The molecule has 4 heterocycles. The Balaban J connectivity index is 0.000000493. The Bertz CT molecular complexity index is 2010. The van der Waals surface area contributed by atoms with Gasteiger partial charge in [-0.1, -0.05) is 0 Å². The Morgan fingerprint density at radius 2 is 1.16 bits per heavy atom. The number of halogens is 6. The second-order valence-electron chi connectivity index (χ2n) is 14.5. The van der Waals surface area contributed by atoms with E-state index in [1.807, 2.05) is 32.6 Å². The second kappa shape index (κ2) is 23.7. The number of alkyl halides is 6. The Hall–Kier alpha value is -6.43. The van der Waals surface area contributed by atoms with Gasteiger partial charge in [0, 0.05) is 51.4 Å². The van der Waals surface area contributed by atoms with Crippen molar-refractivity contribution in [2.45, 2.75) is 92.4 Å². The molecule has 2 aliphatic rings. The Labute approximate surface area is 359 Å². The number of pyridine rings is 2. The lowest BCUT2D eigenvalue weighted by atomic mass is 10.1. The molecule has 0 saturated carbocycles. The van der Waals surface area contributed by atoms with Crippen molar-refractivity contribution >= 4 is 41.6 Å². The number of carbonyl (C=O) groups excluding carboxylic acids is 3. The predicted octanol–water partition coefficient (Wildman–Crippen LogP) is 5.39. The minimum atomic E-state index is -5.08. The summed E-state index contributed by atoms with van der Waals surface area (Å²) in [6.45, 7) is 21.0. The van der Waals surface area contributed by atoms with Gasteiger partial charge < -0.3 is 44.4 Å². The van der Waals surface area contributed by atoms with E-state index in [0.29, 0.717) is 71.5 Å². The van der Waals surface area contributed by atoms with E-state index in [2.05, 4.69) is 39.2 Å². The maximum atomic E-state index is 12.3. The number of hydrogen-bond acceptors (Lipinski definition) is 15. The van der Waals surface area contributed by atoms with Gasteiger partial charge in [0.15, 0.2) is 0 Å². The average molecular weight is 905 g/mol. The highest BCUT2D eigenvalue weighted by Crippen LogP contribution is 2.27. The molecule has 348 valence electrons. The number of aryl methyl sites for hydroxylation is 2. The third kappa shape index (κ3) is 17.1. The SMILES string of the molecule is CCOC(=O)c1cc(C#N)c(N2CCN(C(=O)OC(C)(C)C)CC2C)nc1C.CCOC(=O)c1cc(C#N)c(N2CCNCC2C)nc1C.O=C(O)C(F)(F)F.O=C(O)C(F)(F)F. The number of piperazine rings is 2. The number of rotatable bonds is 6. The van der Waals surface area contributed by atoms with Gasteiger partial charge in [0.2, 0.25) is 0 Å². The Morgan fingerprint density at radius 3 is 1.48 bits per heavy atom. The van der Waals surface area contributed by atoms with Crippen molar-refractivity contribution in [3.05, 3.63) is 45.8 Å². The van der Waals surface area contributed by atoms with E-state index in [1.165, 1.54) is 6.07 Å². The van der Waals surface area contributed by atoms with E-state index in [4.69, 9.17) is 34.0 Å². The van der Waals surface area contributed by atoms with Gasteiger partial charge in [-0.2, -0.15) is 36.9 Å². The highest BCUT2D eigenvalue weighted by atomic mass is 19.4. The van der Waals surface area contributed by atoms with Crippen molar-refractivity contribution in [2.75, 3.05) is 62.3 Å². The second-order valence-corrected chi connectivity index (χ2v) is 14.5. The third-order valence-electron chi connectivity index (χ3n) is 8.43. The van der Waals surface area contributed by atoms with Crippen LogP contribution in [0.25, 0.3) is 0 Å². The van der Waals surface area contributed by atoms with Crippen LogP contribution in [0, 0.1) is 36.5 Å². The maximum absolute atomic E-state index is 12.3. The summed E-state index contributed by atoms with van der Waals surface area (Å²) in [6, 6.07) is 7.58. The molecule has 2 aromatic rings. The number of hydrogen-bond donors (Lipinski definition) is 3. The number of carbonyl (C=O) groups is 5. The summed E-state index contributed by atoms with van der Waals surface area (Å²) >= 11 is 0. The fourth-order valence-electron chi connectivity index (χ4n) is 5.54. The summed E-state index contributed by atoms with van der Waals surface area (Å²) in [7, 11) is 0. The molecule has 4 rings (SSSR count). The summed E-state index contributed by atoms with van der Waals surface area (Å²) in [5.41, 5.74) is 1.93. The fourth-order valence-corrected chi connectivity index (χ4v) is 5.54. The first kappa shape index (κ1) is 54.6. The normalized spacial score (nSPS) is 16.2. The minimum absolute atomic E-state index is 0.0614. The lowest BCUT2D eigenvalue weighted by molar-refractivity contribution is -0.193. The van der Waals surface area contributed by atoms with Gasteiger partial charge in [-0.15, -0.1) is 0 Å². The Morgan fingerprint density at radius 1 is 0.762 bits per heavy atom. The number of anilines is 2. The van der Waals surface area contributed by atoms with Crippen LogP contribution in [0.5, 0.6) is 0 Å². The molecule has 2 fully saturated rings. The van der Waals surface area contributed by atoms with Crippen LogP contribution < -0.4 is 15.1 Å². The number of carboxylic acids is 2. The number of aliphatic carboxylic acids is 2. The molecular weight excluding hydrogens is 854 g/mol. The molecule has 2 aromatic heterocycles. The molecule has 0 aromatic carbocycles. The summed E-state index contributed by atoms with van der Waals surface area (Å²) in [5.74, 6) is -5.27. The molecule has 0 bridgehead atoms. The molecule has 2 unspecified atom stereocenters. The van der Waals surface area contributed by atoms with Crippen molar-refractivity contribution in [2.24, 2.45) is 0 Å². The highest BCUT2D eigenvalue weighted by molar-refractivity contribution is 5.92. The van der Waals surface area contributed by atoms with Crippen LogP contribution in [-0.2, 0) is 23.8 Å². The van der Waals surface area contributed by atoms with Crippen LogP contribution in [0.15, 0.2) is 12.1 Å². The maximum Gasteiger partial charge on any atom is 0.490 e. The quantitative estimate of drug-likeness (QED) is 0.187. The summed E-state index contributed by atoms with van der Waals surface area (Å²) in [4.78, 5) is 68.9. The first-order valence-electron chi connectivity index (χ1n) is 19.0. The Kier molecular flexibility index (Phi) is 20.5. The van der Waals surface area contributed by atoms with Crippen LogP contribution in [0.1, 0.15) is 91.7 Å². The zero-order valence-corrected chi connectivity index (χ0v) is 36.0. The lowest BCUT2D eigenvalue weighted by Crippen LogP contribution is -2.55. The smallest absolute Gasteiger partial charge is 0.475 e. The number of amides is 1. The molecule has 18 nitrogen and oxygen atoms in total. The molecule has 63 heavy (non-hydrogen) atoms. The van der Waals surface area contributed by atoms with Gasteiger partial charge in [0.25, 0.3) is 0 Å². The topological polar surface area (TPSA) is 249 Å². The summed E-state index contributed by atoms with van der Waals surface area (Å²) in [6.07, 6.45) is -10.5. The standard InChI is InChI=1S/C20H28N4O4.C15H20N4O2.2C2HF3O2/c1-7-27-18(25)16-10-15(11-21)17(22-14(16)3)24-9-8-23(12-13(24)2)19(26)28-20(4,5)6;1-4-21-15(20)13-7-12(8-16)14(18-11(13)3)19-6-5-17-9-10(19)2;2*3-2(4,5)1(6)7/h10,13H,7-9,12H2,1-6H3;7,10,17H,4-6,9H2,1-3H3;2*(H,6,7). The lowest BCUT2D eigenvalue weighted by Gasteiger charge is -2.41. The van der Waals surface area contributed by atoms with E-state index in [0.717, 1.165) is 19.6 Å². The van der Waals surface area contributed by atoms with Crippen LogP contribution in [0.4, 0.5) is 42.8 Å². The van der Waals surface area contributed by atoms with E-state index in [-0.39, 0.29) is 24.8 Å². The highest BCUT2D eigenvalue weighted by Gasteiger charge is 2.39. The zero-order chi connectivity index (χ0) is 48.6. The van der Waals surface area contributed by atoms with Crippen LogP contribution in [0.3, 0.4) is 0 Å². The van der Waals surface area contributed by atoms with Crippen molar-refractivity contribution in [3.63, 3.8) is 0 Å². The van der Waals surface area contributed by atoms with Crippen LogP contribution in [-0.4, -0.2) is 138 Å². The summed E-state index contributed by atoms with van der Waals surface area (Å²) in [5, 5.41) is 36.5. The first-order chi connectivity index (χ1) is 29.0. The number of ether oxygens (including phenoxy) is 3. The van der Waals surface area contributed by atoms with Crippen LogP contribution >= 0.6 is 0 Å². The average Bonchev–Trinajstić information content (AvgIpc) is 3.17. The van der Waals surface area contributed by atoms with Crippen LogP contribution in [0.2, 0.25) is 0 Å². The number of aromatic nitrogens is 2. The number of carboxylic acid groups (broad SMARTS) is 2. The number of esters is 2. The van der Waals surface area contributed by atoms with Gasteiger partial charge in [0.1, 0.15) is 29.4 Å². The molecule has 3 N–H and O–H groups in total. The minimum Gasteiger partial charge on any atom is -0.475 e. The van der Waals surface area contributed by atoms with Gasteiger partial charge in [-0.05, 0) is 74.4 Å². The predicted molar refractivity (Wildman–Crippen MR) is 211 cm³/mol. The monoisotopic (exact) mass is 904 g/mol. The molecule has 0 radical (unpaired) electrons. The molecular formula is C39H50F6N8O10. The molecule has 0 spiro atoms. The molecule has 2 saturated heterocycles. The fraction of sp³-hybridized carbons (Fsp3) is 0.564. The molecule has 0 aliphatic carbocycles. The zero-order valence-electron chi connectivity index (χ0n) is 36.0. The van der Waals surface area contributed by atoms with Crippen molar-refractivity contribution in [1.82, 2.24) is 20.2 Å². The molecule has 2 aliphatic heterocycles. The number of nitrogens with one attached hydrogen (secondary N) is 1. The van der Waals surface area contributed by atoms with Gasteiger partial charge >= 0.3 is 42.3 Å². The first-order valence-corrected chi connectivity index (χ1v) is 19.0. The molecule has 1 amide bonds. The summed E-state index contributed by atoms with van der Waals surface area (Å²) < 4.78 is 79.0. The van der Waals surface area contributed by atoms with Crippen molar-refractivity contribution in [1.29, 1.82) is 10.5 Å². The number of nitrogens with zero attached hydrogens (tertiary/aromatic N) is 7. The largest absolute Gasteiger partial charge is 0.490 e. The molecule has 24 heteroatoms. The van der Waals surface area contributed by atoms with Gasteiger partial charge in [-0.3, -0.25) is 0 Å². The van der Waals surface area contributed by atoms with E-state index in [9.17, 15) is 51.2 Å². The molecule has 2 atom stereocenters. The van der Waals surface area contributed by atoms with E-state index >= 15 is 0 Å². The van der Waals surface area contributed by atoms with E-state index < -0.39 is 41.8 Å². The van der Waals surface area contributed by atoms with E-state index in [1.54, 1.807) is 38.7 Å². The van der Waals surface area contributed by atoms with Crippen molar-refractivity contribution in [3.8, 4) is 12.1 Å². The number of nitriles is 2. The third-order valence-corrected chi connectivity index (χ3v) is 8.43. The van der Waals surface area contributed by atoms with Gasteiger partial charge in [0.05, 0.1) is 46.9 Å².